The number of nitrogens with one attached hydrogen (secondary N) is 1. The first kappa shape index (κ1) is 15.4. The molecule has 19 heavy (non-hydrogen) atoms. The van der Waals surface area contributed by atoms with Crippen LogP contribution in [0.4, 0.5) is 11.6 Å². The van der Waals surface area contributed by atoms with Crippen LogP contribution < -0.4 is 10.2 Å². The Labute approximate surface area is 115 Å². The van der Waals surface area contributed by atoms with Gasteiger partial charge < -0.3 is 10.2 Å². The molecule has 0 bridgehead atoms. The van der Waals surface area contributed by atoms with Crippen LogP contribution in [0.1, 0.15) is 33.5 Å². The molecule has 1 aromatic heterocycles. The molecule has 0 amide bonds. The zero-order valence-electron chi connectivity index (χ0n) is 12.7. The summed E-state index contributed by atoms with van der Waals surface area (Å²) in [6.45, 7) is 11.2. The molecule has 106 valence electrons. The average Bonchev–Trinajstić information content (AvgIpc) is 2.23. The smallest absolute Gasteiger partial charge is 0.148 e. The van der Waals surface area contributed by atoms with Crippen LogP contribution in [0.5, 0.6) is 0 Å². The molecule has 1 rings (SSSR count). The van der Waals surface area contributed by atoms with Crippen LogP contribution in [0.15, 0.2) is 6.07 Å². The van der Waals surface area contributed by atoms with Crippen molar-refractivity contribution in [1.29, 1.82) is 0 Å². The van der Waals surface area contributed by atoms with E-state index in [0.29, 0.717) is 18.2 Å². The van der Waals surface area contributed by atoms with Crippen molar-refractivity contribution >= 4 is 17.4 Å². The van der Waals surface area contributed by atoms with E-state index in [9.17, 15) is 4.79 Å². The number of Topliss-reactive ketones (excluding diaryl/α,β-unsaturated/α-hetero) is 1. The summed E-state index contributed by atoms with van der Waals surface area (Å²) in [7, 11) is 2.02. The van der Waals surface area contributed by atoms with Gasteiger partial charge in [0.15, 0.2) is 0 Å². The highest BCUT2D eigenvalue weighted by atomic mass is 16.1. The molecular formula is C14H24N4O. The van der Waals surface area contributed by atoms with Gasteiger partial charge in [0.25, 0.3) is 0 Å². The summed E-state index contributed by atoms with van der Waals surface area (Å²) in [6.07, 6.45) is 0. The number of hydrogen-bond acceptors (Lipinski definition) is 5. The third-order valence-electron chi connectivity index (χ3n) is 2.45. The Balaban J connectivity index is 2.86. The van der Waals surface area contributed by atoms with E-state index in [1.807, 2.05) is 20.0 Å². The molecule has 1 aromatic rings. The summed E-state index contributed by atoms with van der Waals surface area (Å²) in [5.74, 6) is 2.34. The molecule has 0 saturated heterocycles. The molecule has 0 aromatic carbocycles. The largest absolute Gasteiger partial charge is 0.363 e. The number of carbonyl (C=O) groups excluding carboxylic acids is 1. The minimum absolute atomic E-state index is 0.0841. The second kappa shape index (κ2) is 5.99. The van der Waals surface area contributed by atoms with Gasteiger partial charge in [-0.05, 0) is 19.3 Å². The van der Waals surface area contributed by atoms with Crippen LogP contribution in [0.25, 0.3) is 0 Å². The van der Waals surface area contributed by atoms with Gasteiger partial charge in [-0.15, -0.1) is 0 Å². The Bertz CT molecular complexity index is 451. The molecule has 1 heterocycles. The first-order valence-electron chi connectivity index (χ1n) is 6.47. The van der Waals surface area contributed by atoms with Gasteiger partial charge in [0.1, 0.15) is 23.2 Å². The molecule has 0 spiro atoms. The number of nitrogens with zero attached hydrogens (tertiary/aromatic N) is 3. The first-order chi connectivity index (χ1) is 8.67. The van der Waals surface area contributed by atoms with Crippen molar-refractivity contribution in [2.75, 3.05) is 30.4 Å². The van der Waals surface area contributed by atoms with E-state index in [0.717, 1.165) is 12.4 Å². The van der Waals surface area contributed by atoms with E-state index in [-0.39, 0.29) is 11.2 Å². The van der Waals surface area contributed by atoms with Crippen LogP contribution in [0, 0.1) is 12.3 Å². The Morgan fingerprint density at radius 3 is 2.53 bits per heavy atom. The SMILES string of the molecule is CC(=O)CNc1cc(N(C)CC(C)(C)C)nc(C)n1. The predicted octanol–water partition coefficient (Wildman–Crippen LogP) is 2.27. The molecule has 5 heteroatoms. The number of aromatic nitrogens is 2. The Kier molecular flexibility index (Phi) is 4.86. The summed E-state index contributed by atoms with van der Waals surface area (Å²) < 4.78 is 0. The third-order valence-corrected chi connectivity index (χ3v) is 2.45. The van der Waals surface area contributed by atoms with E-state index in [2.05, 4.69) is 41.0 Å². The van der Waals surface area contributed by atoms with E-state index >= 15 is 0 Å². The summed E-state index contributed by atoms with van der Waals surface area (Å²) in [5, 5.41) is 3.02. The molecule has 0 saturated carbocycles. The van der Waals surface area contributed by atoms with Gasteiger partial charge in [0, 0.05) is 19.7 Å². The van der Waals surface area contributed by atoms with Gasteiger partial charge in [-0.2, -0.15) is 0 Å². The molecular weight excluding hydrogens is 240 g/mol. The molecule has 0 fully saturated rings. The van der Waals surface area contributed by atoms with Crippen LogP contribution in [-0.4, -0.2) is 35.9 Å². The van der Waals surface area contributed by atoms with Gasteiger partial charge in [-0.25, -0.2) is 9.97 Å². The lowest BCUT2D eigenvalue weighted by atomic mass is 9.96. The van der Waals surface area contributed by atoms with Crippen molar-refractivity contribution in [3.8, 4) is 0 Å². The van der Waals surface area contributed by atoms with E-state index in [1.54, 1.807) is 6.92 Å². The zero-order chi connectivity index (χ0) is 14.6. The number of rotatable bonds is 5. The lowest BCUT2D eigenvalue weighted by molar-refractivity contribution is -0.115. The Morgan fingerprint density at radius 2 is 2.00 bits per heavy atom. The number of ketones is 1. The lowest BCUT2D eigenvalue weighted by Gasteiger charge is -2.27. The maximum absolute atomic E-state index is 11.0. The highest BCUT2D eigenvalue weighted by molar-refractivity contribution is 5.80. The van der Waals surface area contributed by atoms with E-state index < -0.39 is 0 Å². The van der Waals surface area contributed by atoms with Gasteiger partial charge in [0.05, 0.1) is 6.54 Å². The molecule has 0 unspecified atom stereocenters. The summed E-state index contributed by atoms with van der Waals surface area (Å²) in [5.41, 5.74) is 0.195. The van der Waals surface area contributed by atoms with Gasteiger partial charge in [-0.3, -0.25) is 4.79 Å². The molecule has 0 aliphatic carbocycles. The molecule has 0 atom stereocenters. The van der Waals surface area contributed by atoms with Crippen LogP contribution >= 0.6 is 0 Å². The second-order valence-corrected chi connectivity index (χ2v) is 6.13. The standard InChI is InChI=1S/C14H24N4O/c1-10(19)8-15-12-7-13(17-11(2)16-12)18(6)9-14(3,4)5/h7H,8-9H2,1-6H3,(H,15,16,17). The predicted molar refractivity (Wildman–Crippen MR) is 78.7 cm³/mol. The fraction of sp³-hybridized carbons (Fsp3) is 0.643. The molecule has 1 N–H and O–H groups in total. The van der Waals surface area contributed by atoms with Crippen molar-refractivity contribution in [3.63, 3.8) is 0 Å². The van der Waals surface area contributed by atoms with Gasteiger partial charge >= 0.3 is 0 Å². The topological polar surface area (TPSA) is 58.1 Å². The lowest BCUT2D eigenvalue weighted by Crippen LogP contribution is -2.30. The number of anilines is 2. The summed E-state index contributed by atoms with van der Waals surface area (Å²) in [6, 6.07) is 1.88. The van der Waals surface area contributed by atoms with Crippen molar-refractivity contribution in [2.45, 2.75) is 34.6 Å². The number of hydrogen-bond donors (Lipinski definition) is 1. The summed E-state index contributed by atoms with van der Waals surface area (Å²) in [4.78, 5) is 21.8. The van der Waals surface area contributed by atoms with Crippen LogP contribution in [0.2, 0.25) is 0 Å². The van der Waals surface area contributed by atoms with Crippen molar-refractivity contribution in [3.05, 3.63) is 11.9 Å². The minimum Gasteiger partial charge on any atom is -0.363 e. The minimum atomic E-state index is 0.0841. The number of aryl methyl sites for hydroxylation is 1. The molecule has 5 nitrogen and oxygen atoms in total. The quantitative estimate of drug-likeness (QED) is 0.884. The van der Waals surface area contributed by atoms with Crippen molar-refractivity contribution in [2.24, 2.45) is 5.41 Å². The summed E-state index contributed by atoms with van der Waals surface area (Å²) >= 11 is 0. The third kappa shape index (κ3) is 5.68. The first-order valence-corrected chi connectivity index (χ1v) is 6.47. The van der Waals surface area contributed by atoms with Gasteiger partial charge in [0.2, 0.25) is 0 Å². The number of carbonyl (C=O) groups is 1. The monoisotopic (exact) mass is 264 g/mol. The molecule has 0 aliphatic rings. The second-order valence-electron chi connectivity index (χ2n) is 6.13. The van der Waals surface area contributed by atoms with Crippen LogP contribution in [0.3, 0.4) is 0 Å². The van der Waals surface area contributed by atoms with Crippen molar-refractivity contribution in [1.82, 2.24) is 9.97 Å². The van der Waals surface area contributed by atoms with Crippen molar-refractivity contribution < 1.29 is 4.79 Å². The fourth-order valence-electron chi connectivity index (χ4n) is 1.85. The average molecular weight is 264 g/mol. The van der Waals surface area contributed by atoms with E-state index in [4.69, 9.17) is 0 Å². The molecule has 0 aliphatic heterocycles. The maximum atomic E-state index is 11.0. The normalized spacial score (nSPS) is 11.3. The zero-order valence-corrected chi connectivity index (χ0v) is 12.7. The molecule has 0 radical (unpaired) electrons. The van der Waals surface area contributed by atoms with Crippen LogP contribution in [-0.2, 0) is 4.79 Å². The highest BCUT2D eigenvalue weighted by Gasteiger charge is 2.15. The Morgan fingerprint density at radius 1 is 1.37 bits per heavy atom. The maximum Gasteiger partial charge on any atom is 0.148 e. The Hall–Kier alpha value is -1.65. The fourth-order valence-corrected chi connectivity index (χ4v) is 1.85. The van der Waals surface area contributed by atoms with E-state index in [1.165, 1.54) is 0 Å². The highest BCUT2D eigenvalue weighted by Crippen LogP contribution is 2.20. The van der Waals surface area contributed by atoms with Gasteiger partial charge in [-0.1, -0.05) is 20.8 Å².